The number of rotatable bonds is 0. The summed E-state index contributed by atoms with van der Waals surface area (Å²) < 4.78 is 151. The summed E-state index contributed by atoms with van der Waals surface area (Å²) in [7, 11) is -14.6. The minimum absolute atomic E-state index is 0. The molecular formula is C4F12HgO4P2. The quantitative estimate of drug-likeness (QED) is 0.242. The largest absolute Gasteiger partial charge is 2.00 e. The Morgan fingerprint density at radius 2 is 0.565 bits per heavy atom. The van der Waals surface area contributed by atoms with Crippen molar-refractivity contribution in [2.75, 3.05) is 0 Å². The van der Waals surface area contributed by atoms with Crippen molar-refractivity contribution in [2.24, 2.45) is 0 Å². The van der Waals surface area contributed by atoms with Crippen molar-refractivity contribution in [2.45, 2.75) is 23.7 Å². The first-order chi connectivity index (χ1) is 9.00. The van der Waals surface area contributed by atoms with E-state index < -0.39 is 38.4 Å². The van der Waals surface area contributed by atoms with Gasteiger partial charge in [0.15, 0.2) is 0 Å². The van der Waals surface area contributed by atoms with Gasteiger partial charge in [0.25, 0.3) is 0 Å². The van der Waals surface area contributed by atoms with Crippen LogP contribution in [0, 0.1) is 0 Å². The summed E-state index contributed by atoms with van der Waals surface area (Å²) in [4.78, 5) is 18.9. The Balaban J connectivity index is -0.000000333. The summed E-state index contributed by atoms with van der Waals surface area (Å²) >= 11 is 0. The second kappa shape index (κ2) is 7.79. The van der Waals surface area contributed by atoms with Gasteiger partial charge in [-0.25, -0.2) is 0 Å². The van der Waals surface area contributed by atoms with Crippen LogP contribution in [0.25, 0.3) is 0 Å². The summed E-state index contributed by atoms with van der Waals surface area (Å²) in [5.74, 6) is -25.0. The predicted molar refractivity (Wildman–Crippen MR) is 39.4 cm³/mol. The van der Waals surface area contributed by atoms with Gasteiger partial charge in [-0.15, -0.1) is 0 Å². The monoisotopic (exact) mass is 604 g/mol. The fourth-order valence-corrected chi connectivity index (χ4v) is 0.862. The average molecular weight is 603 g/mol. The Morgan fingerprint density at radius 3 is 0.565 bits per heavy atom. The molecule has 0 saturated carbocycles. The van der Waals surface area contributed by atoms with Gasteiger partial charge in [0.1, 0.15) is 0 Å². The van der Waals surface area contributed by atoms with Crippen LogP contribution in [0.3, 0.4) is 0 Å². The van der Waals surface area contributed by atoms with Crippen molar-refractivity contribution in [1.29, 1.82) is 0 Å². The number of halogens is 12. The van der Waals surface area contributed by atoms with E-state index in [0.29, 0.717) is 0 Å². The molecule has 0 unspecified atom stereocenters. The number of hydrogen-bond acceptors (Lipinski definition) is 4. The van der Waals surface area contributed by atoms with Gasteiger partial charge >= 0.3 is 51.3 Å². The molecule has 0 aliphatic heterocycles. The van der Waals surface area contributed by atoms with Crippen LogP contribution in [0.4, 0.5) is 52.7 Å². The van der Waals surface area contributed by atoms with Gasteiger partial charge in [0, 0.05) is 0 Å². The van der Waals surface area contributed by atoms with Crippen LogP contribution in [0.15, 0.2) is 0 Å². The van der Waals surface area contributed by atoms with Crippen molar-refractivity contribution >= 4 is 14.7 Å². The first-order valence-corrected chi connectivity index (χ1v) is 7.14. The average Bonchev–Trinajstić information content (AvgIpc) is 2.10. The van der Waals surface area contributed by atoms with E-state index in [1.807, 2.05) is 0 Å². The molecule has 0 aromatic rings. The maximum Gasteiger partial charge on any atom is 2.00 e. The smallest absolute Gasteiger partial charge is 0.787 e. The molecule has 136 valence electrons. The van der Waals surface area contributed by atoms with E-state index in [9.17, 15) is 71.6 Å². The van der Waals surface area contributed by atoms with Crippen LogP contribution in [-0.4, -0.2) is 23.7 Å². The van der Waals surface area contributed by atoms with E-state index in [4.69, 9.17) is 0 Å². The third-order valence-corrected chi connectivity index (χ3v) is 4.01. The molecule has 0 rings (SSSR count). The Morgan fingerprint density at radius 1 is 0.478 bits per heavy atom. The zero-order valence-corrected chi connectivity index (χ0v) is 17.1. The third kappa shape index (κ3) is 7.08. The molecule has 0 bridgehead atoms. The van der Waals surface area contributed by atoms with Gasteiger partial charge in [0.05, 0.1) is 0 Å². The molecule has 0 N–H and O–H groups in total. The minimum Gasteiger partial charge on any atom is -0.787 e. The Kier molecular flexibility index (Phi) is 9.58. The molecule has 0 spiro atoms. The molecule has 0 aliphatic carbocycles. The van der Waals surface area contributed by atoms with Gasteiger partial charge in [-0.3, -0.25) is 0 Å². The first-order valence-electron chi connectivity index (χ1n) is 3.89. The first kappa shape index (κ1) is 28.3. The summed E-state index contributed by atoms with van der Waals surface area (Å²) in [6.45, 7) is 0. The molecule has 0 amide bonds. The molecule has 0 fully saturated rings. The van der Waals surface area contributed by atoms with Crippen LogP contribution in [0.5, 0.6) is 0 Å². The third-order valence-electron chi connectivity index (χ3n) is 1.34. The summed E-state index contributed by atoms with van der Waals surface area (Å²) in [5.41, 5.74) is 0. The van der Waals surface area contributed by atoms with Crippen molar-refractivity contribution in [3.8, 4) is 0 Å². The van der Waals surface area contributed by atoms with E-state index in [0.717, 1.165) is 0 Å². The molecular weight excluding hydrogens is 603 g/mol. The summed E-state index contributed by atoms with van der Waals surface area (Å²) in [5, 5.41) is 0. The maximum absolute atomic E-state index is 11.0. The van der Waals surface area contributed by atoms with E-state index >= 15 is 0 Å². The fourth-order valence-electron chi connectivity index (χ4n) is 0.287. The van der Waals surface area contributed by atoms with Crippen LogP contribution < -0.4 is 9.79 Å². The van der Waals surface area contributed by atoms with Crippen LogP contribution in [0.1, 0.15) is 0 Å². The van der Waals surface area contributed by atoms with Gasteiger partial charge < -0.3 is 18.9 Å². The second-order valence-corrected chi connectivity index (χ2v) is 7.21. The van der Waals surface area contributed by atoms with Crippen molar-refractivity contribution in [1.82, 2.24) is 0 Å². The van der Waals surface area contributed by atoms with Gasteiger partial charge in [-0.1, -0.05) is 0 Å². The zero-order chi connectivity index (χ0) is 19.0. The molecule has 19 heteroatoms. The summed E-state index contributed by atoms with van der Waals surface area (Å²) in [6.07, 6.45) is 0. The van der Waals surface area contributed by atoms with E-state index in [-0.39, 0.29) is 27.7 Å². The Labute approximate surface area is 138 Å². The van der Waals surface area contributed by atoms with Crippen LogP contribution in [0.2, 0.25) is 0 Å². The van der Waals surface area contributed by atoms with Gasteiger partial charge in [0.2, 0.25) is 14.7 Å². The molecule has 0 heterocycles. The maximum atomic E-state index is 11.0. The fraction of sp³-hybridized carbons (Fsp3) is 1.00. The van der Waals surface area contributed by atoms with Crippen molar-refractivity contribution in [3.63, 3.8) is 0 Å². The minimum atomic E-state index is -7.31. The van der Waals surface area contributed by atoms with E-state index in [2.05, 4.69) is 0 Å². The topological polar surface area (TPSA) is 80.3 Å². The molecule has 0 radical (unpaired) electrons. The molecule has 0 atom stereocenters. The standard InChI is InChI=1S/2C2HF6O2P.Hg/c2*3-1(4,5)11(9,10)2(6,7)8;/h2*(H,9,10);/q;;+2/p-2. The molecule has 0 aromatic carbocycles. The molecule has 4 nitrogen and oxygen atoms in total. The summed E-state index contributed by atoms with van der Waals surface area (Å²) in [6, 6.07) is 0. The second-order valence-electron chi connectivity index (χ2n) is 2.97. The number of hydrogen-bond donors (Lipinski definition) is 0. The molecule has 0 aliphatic rings. The predicted octanol–water partition coefficient (Wildman–Crippen LogP) is 3.33. The van der Waals surface area contributed by atoms with Crippen molar-refractivity contribution in [3.05, 3.63) is 0 Å². The van der Waals surface area contributed by atoms with E-state index in [1.54, 1.807) is 0 Å². The van der Waals surface area contributed by atoms with Crippen LogP contribution in [-0.2, 0) is 36.8 Å². The molecule has 23 heavy (non-hydrogen) atoms. The van der Waals surface area contributed by atoms with Gasteiger partial charge in [-0.05, 0) is 0 Å². The Hall–Kier alpha value is 0.475. The van der Waals surface area contributed by atoms with Crippen LogP contribution >= 0.6 is 14.7 Å². The molecule has 0 saturated heterocycles. The Bertz CT molecular complexity index is 393. The molecule has 0 aromatic heterocycles. The normalized spacial score (nSPS) is 14.5. The number of alkyl halides is 12. The zero-order valence-electron chi connectivity index (χ0n) is 9.77. The van der Waals surface area contributed by atoms with Gasteiger partial charge in [-0.2, -0.15) is 52.7 Å². The van der Waals surface area contributed by atoms with Crippen molar-refractivity contribution < 1.29 is 99.3 Å². The SMILES string of the molecule is O=P([O-])(C(F)(F)F)C(F)(F)F.O=P([O-])(C(F)(F)F)C(F)(F)F.[Hg+2]. The van der Waals surface area contributed by atoms with E-state index in [1.165, 1.54) is 0 Å².